The van der Waals surface area contributed by atoms with Gasteiger partial charge in [-0.05, 0) is 12.8 Å². The fourth-order valence-electron chi connectivity index (χ4n) is 3.36. The van der Waals surface area contributed by atoms with Gasteiger partial charge in [0.15, 0.2) is 11.5 Å². The van der Waals surface area contributed by atoms with Gasteiger partial charge in [0.2, 0.25) is 0 Å². The maximum atomic E-state index is 12.3. The normalized spacial score (nSPS) is 19.0. The molecule has 0 aliphatic carbocycles. The lowest BCUT2D eigenvalue weighted by molar-refractivity contribution is 0.0996. The standard InChI is InChI=1S/C18H28N8O2S/c1-23(2)18(28)26-7-5-6-12(9-26)25(4)13-8-20-15(16(19)27)17(21-13)22-14-10-24(3)11-29-14/h8,10,12H,5-7,9,11H2,1-4H3,(H2,19,27)(H,21,22)/t12-/m0/s1. The Morgan fingerprint density at radius 2 is 2.10 bits per heavy atom. The van der Waals surface area contributed by atoms with Gasteiger partial charge in [-0.2, -0.15) is 0 Å². The van der Waals surface area contributed by atoms with Crippen LogP contribution in [0.25, 0.3) is 0 Å². The van der Waals surface area contributed by atoms with Crippen LogP contribution in [0.4, 0.5) is 16.4 Å². The molecule has 3 N–H and O–H groups in total. The predicted molar refractivity (Wildman–Crippen MR) is 115 cm³/mol. The number of likely N-dealkylation sites (tertiary alicyclic amines) is 1. The van der Waals surface area contributed by atoms with Crippen LogP contribution >= 0.6 is 11.8 Å². The minimum Gasteiger partial charge on any atom is -0.369 e. The molecule has 0 saturated carbocycles. The van der Waals surface area contributed by atoms with Gasteiger partial charge in [0.1, 0.15) is 5.82 Å². The van der Waals surface area contributed by atoms with Crippen LogP contribution in [0.2, 0.25) is 0 Å². The second-order valence-electron chi connectivity index (χ2n) is 7.47. The number of amides is 3. The molecule has 0 aromatic carbocycles. The number of aromatic nitrogens is 2. The first-order valence-electron chi connectivity index (χ1n) is 9.44. The second kappa shape index (κ2) is 8.76. The smallest absolute Gasteiger partial charge is 0.319 e. The number of carbonyl (C=O) groups is 2. The van der Waals surface area contributed by atoms with Crippen LogP contribution in [-0.4, -0.2) is 89.8 Å². The SMILES string of the molecule is CN1C=C(Nc2nc(N(C)[C@H]3CCCN(C(=O)N(C)C)C3)cnc2C(N)=O)SC1. The first kappa shape index (κ1) is 21.0. The van der Waals surface area contributed by atoms with Gasteiger partial charge in [0.25, 0.3) is 5.91 Å². The zero-order valence-corrected chi connectivity index (χ0v) is 18.1. The third kappa shape index (κ3) is 4.84. The highest BCUT2D eigenvalue weighted by Gasteiger charge is 2.28. The van der Waals surface area contributed by atoms with E-state index in [-0.39, 0.29) is 17.8 Å². The second-order valence-corrected chi connectivity index (χ2v) is 8.46. The van der Waals surface area contributed by atoms with Gasteiger partial charge in [-0.15, -0.1) is 0 Å². The van der Waals surface area contributed by atoms with Gasteiger partial charge in [-0.1, -0.05) is 11.8 Å². The van der Waals surface area contributed by atoms with Crippen LogP contribution < -0.4 is 16.0 Å². The Morgan fingerprint density at radius 3 is 2.72 bits per heavy atom. The molecular weight excluding hydrogens is 392 g/mol. The van der Waals surface area contributed by atoms with Crippen molar-refractivity contribution in [1.82, 2.24) is 24.7 Å². The van der Waals surface area contributed by atoms with E-state index in [4.69, 9.17) is 5.73 Å². The monoisotopic (exact) mass is 420 g/mol. The molecule has 1 saturated heterocycles. The molecule has 1 atom stereocenters. The van der Waals surface area contributed by atoms with Crippen molar-refractivity contribution >= 4 is 35.3 Å². The number of hydrogen-bond donors (Lipinski definition) is 2. The van der Waals surface area contributed by atoms with E-state index in [2.05, 4.69) is 15.3 Å². The van der Waals surface area contributed by atoms with Gasteiger partial charge in [-0.25, -0.2) is 14.8 Å². The summed E-state index contributed by atoms with van der Waals surface area (Å²) in [7, 11) is 7.42. The fourth-order valence-corrected chi connectivity index (χ4v) is 4.20. The lowest BCUT2D eigenvalue weighted by Gasteiger charge is -2.39. The zero-order valence-electron chi connectivity index (χ0n) is 17.3. The van der Waals surface area contributed by atoms with E-state index in [9.17, 15) is 9.59 Å². The number of nitrogens with one attached hydrogen (secondary N) is 1. The molecule has 1 aromatic rings. The number of piperidine rings is 1. The highest BCUT2D eigenvalue weighted by molar-refractivity contribution is 8.03. The summed E-state index contributed by atoms with van der Waals surface area (Å²) in [5, 5.41) is 4.05. The van der Waals surface area contributed by atoms with Crippen molar-refractivity contribution in [3.05, 3.63) is 23.1 Å². The van der Waals surface area contributed by atoms with Crippen molar-refractivity contribution in [3.63, 3.8) is 0 Å². The number of thioether (sulfide) groups is 1. The van der Waals surface area contributed by atoms with Gasteiger partial charge < -0.3 is 30.7 Å². The molecular formula is C18H28N8O2S. The van der Waals surface area contributed by atoms with Crippen LogP contribution in [-0.2, 0) is 0 Å². The van der Waals surface area contributed by atoms with E-state index in [1.807, 2.05) is 35.0 Å². The molecule has 29 heavy (non-hydrogen) atoms. The van der Waals surface area contributed by atoms with E-state index in [1.165, 1.54) is 0 Å². The first-order chi connectivity index (χ1) is 13.8. The first-order valence-corrected chi connectivity index (χ1v) is 10.4. The summed E-state index contributed by atoms with van der Waals surface area (Å²) in [4.78, 5) is 40.5. The van der Waals surface area contributed by atoms with Crippen molar-refractivity contribution in [2.24, 2.45) is 5.73 Å². The number of nitrogens with two attached hydrogens (primary N) is 1. The molecule has 11 heteroatoms. The number of anilines is 2. The molecule has 0 unspecified atom stereocenters. The van der Waals surface area contributed by atoms with Crippen LogP contribution in [0.5, 0.6) is 0 Å². The summed E-state index contributed by atoms with van der Waals surface area (Å²) < 4.78 is 0. The maximum absolute atomic E-state index is 12.3. The van der Waals surface area contributed by atoms with Crippen LogP contribution in [0.15, 0.2) is 17.4 Å². The molecule has 158 valence electrons. The molecule has 1 fully saturated rings. The Hall–Kier alpha value is -2.69. The molecule has 3 rings (SSSR count). The molecule has 0 spiro atoms. The Balaban J connectivity index is 1.80. The van der Waals surface area contributed by atoms with Crippen LogP contribution in [0.3, 0.4) is 0 Å². The number of hydrogen-bond acceptors (Lipinski definition) is 8. The van der Waals surface area contributed by atoms with E-state index in [0.717, 1.165) is 30.3 Å². The quantitative estimate of drug-likeness (QED) is 0.726. The van der Waals surface area contributed by atoms with Gasteiger partial charge >= 0.3 is 6.03 Å². The molecule has 2 aliphatic rings. The Morgan fingerprint density at radius 1 is 1.34 bits per heavy atom. The highest BCUT2D eigenvalue weighted by Crippen LogP contribution is 2.28. The van der Waals surface area contributed by atoms with E-state index in [0.29, 0.717) is 18.2 Å². The van der Waals surface area contributed by atoms with Crippen molar-refractivity contribution in [2.45, 2.75) is 18.9 Å². The third-order valence-electron chi connectivity index (χ3n) is 4.95. The lowest BCUT2D eigenvalue weighted by atomic mass is 10.0. The molecule has 0 radical (unpaired) electrons. The lowest BCUT2D eigenvalue weighted by Crippen LogP contribution is -2.51. The van der Waals surface area contributed by atoms with Crippen molar-refractivity contribution in [1.29, 1.82) is 0 Å². The summed E-state index contributed by atoms with van der Waals surface area (Å²) in [6, 6.07) is 0.121. The number of primary amides is 1. The summed E-state index contributed by atoms with van der Waals surface area (Å²) >= 11 is 1.61. The molecule has 3 heterocycles. The summed E-state index contributed by atoms with van der Waals surface area (Å²) in [5.41, 5.74) is 5.59. The minimum absolute atomic E-state index is 0.00920. The number of carbonyl (C=O) groups excluding carboxylic acids is 2. The fraction of sp³-hybridized carbons (Fsp3) is 0.556. The predicted octanol–water partition coefficient (Wildman–Crippen LogP) is 1.00. The largest absolute Gasteiger partial charge is 0.369 e. The van der Waals surface area contributed by atoms with Crippen molar-refractivity contribution < 1.29 is 9.59 Å². The summed E-state index contributed by atoms with van der Waals surface area (Å²) in [6.07, 6.45) is 5.36. The highest BCUT2D eigenvalue weighted by atomic mass is 32.2. The Labute approximate surface area is 175 Å². The Kier molecular flexibility index (Phi) is 6.36. The summed E-state index contributed by atoms with van der Waals surface area (Å²) in [6.45, 7) is 1.36. The summed E-state index contributed by atoms with van der Waals surface area (Å²) in [5.74, 6) is 1.15. The number of rotatable bonds is 5. The number of likely N-dealkylation sites (N-methyl/N-ethyl adjacent to an activating group) is 1. The van der Waals surface area contributed by atoms with Gasteiger partial charge in [0.05, 0.1) is 17.1 Å². The van der Waals surface area contributed by atoms with E-state index < -0.39 is 5.91 Å². The van der Waals surface area contributed by atoms with Crippen LogP contribution in [0, 0.1) is 0 Å². The number of nitrogens with zero attached hydrogens (tertiary/aromatic N) is 6. The maximum Gasteiger partial charge on any atom is 0.319 e. The van der Waals surface area contributed by atoms with E-state index in [1.54, 1.807) is 37.0 Å². The van der Waals surface area contributed by atoms with Crippen molar-refractivity contribution in [3.8, 4) is 0 Å². The molecule has 0 bridgehead atoms. The molecule has 2 aliphatic heterocycles. The van der Waals surface area contributed by atoms with E-state index >= 15 is 0 Å². The minimum atomic E-state index is -0.633. The molecule has 1 aromatic heterocycles. The molecule has 3 amide bonds. The topological polar surface area (TPSA) is 111 Å². The van der Waals surface area contributed by atoms with Crippen LogP contribution in [0.1, 0.15) is 23.3 Å². The molecule has 10 nitrogen and oxygen atoms in total. The zero-order chi connectivity index (χ0) is 21.1. The Bertz CT molecular complexity index is 815. The third-order valence-corrected chi connectivity index (χ3v) is 6.01. The number of urea groups is 1. The van der Waals surface area contributed by atoms with Gasteiger partial charge in [-0.3, -0.25) is 4.79 Å². The average Bonchev–Trinajstić information content (AvgIpc) is 3.11. The van der Waals surface area contributed by atoms with Crippen molar-refractivity contribution in [2.75, 3.05) is 57.4 Å². The average molecular weight is 421 g/mol. The van der Waals surface area contributed by atoms with Gasteiger partial charge in [0, 0.05) is 53.5 Å².